The van der Waals surface area contributed by atoms with Gasteiger partial charge in [0.2, 0.25) is 5.91 Å². The molecule has 0 unspecified atom stereocenters. The van der Waals surface area contributed by atoms with Crippen molar-refractivity contribution in [3.63, 3.8) is 0 Å². The number of carbonyl (C=O) groups excluding carboxylic acids is 1. The van der Waals surface area contributed by atoms with Gasteiger partial charge in [-0.3, -0.25) is 9.48 Å². The molecule has 1 aliphatic heterocycles. The monoisotopic (exact) mass is 330 g/mol. The quantitative estimate of drug-likeness (QED) is 0.791. The summed E-state index contributed by atoms with van der Waals surface area (Å²) in [5, 5.41) is 6.46. The van der Waals surface area contributed by atoms with Gasteiger partial charge in [0.05, 0.1) is 18.3 Å². The van der Waals surface area contributed by atoms with E-state index in [-0.39, 0.29) is 11.9 Å². The van der Waals surface area contributed by atoms with E-state index in [4.69, 9.17) is 0 Å². The number of hydrogen-bond donors (Lipinski definition) is 0. The van der Waals surface area contributed by atoms with E-state index < -0.39 is 0 Å². The van der Waals surface area contributed by atoms with Crippen LogP contribution < -0.4 is 0 Å². The summed E-state index contributed by atoms with van der Waals surface area (Å²) in [6.45, 7) is 2.33. The van der Waals surface area contributed by atoms with Gasteiger partial charge < -0.3 is 9.80 Å². The summed E-state index contributed by atoms with van der Waals surface area (Å²) in [4.78, 5) is 17.7. The third-order valence-electron chi connectivity index (χ3n) is 4.04. The Morgan fingerprint density at radius 2 is 2.35 bits per heavy atom. The minimum Gasteiger partial charge on any atom is -0.331 e. The number of amides is 1. The fourth-order valence-corrected chi connectivity index (χ4v) is 3.44. The Bertz CT molecular complexity index is 675. The molecule has 6 heteroatoms. The lowest BCUT2D eigenvalue weighted by atomic mass is 10.1. The first-order chi connectivity index (χ1) is 11.1. The van der Waals surface area contributed by atoms with E-state index in [1.54, 1.807) is 17.4 Å². The maximum Gasteiger partial charge on any atom is 0.247 e. The molecule has 5 nitrogen and oxygen atoms in total. The molecule has 0 saturated carbocycles. The van der Waals surface area contributed by atoms with Crippen molar-refractivity contribution in [2.24, 2.45) is 0 Å². The number of fused-ring (bicyclic) bond motifs is 1. The predicted octanol–water partition coefficient (Wildman–Crippen LogP) is 2.49. The van der Waals surface area contributed by atoms with Crippen molar-refractivity contribution in [3.8, 4) is 0 Å². The molecule has 0 aliphatic carbocycles. The summed E-state index contributed by atoms with van der Waals surface area (Å²) < 4.78 is 2.08. The highest BCUT2D eigenvalue weighted by molar-refractivity contribution is 7.10. The van der Waals surface area contributed by atoms with Gasteiger partial charge in [0.1, 0.15) is 0 Å². The van der Waals surface area contributed by atoms with Crippen LogP contribution in [-0.2, 0) is 11.3 Å². The molecule has 0 saturated heterocycles. The number of nitrogens with zero attached hydrogens (tertiary/aromatic N) is 4. The molecule has 122 valence electrons. The lowest BCUT2D eigenvalue weighted by Crippen LogP contribution is -2.41. The Balaban J connectivity index is 1.70. The molecule has 0 N–H and O–H groups in total. The summed E-state index contributed by atoms with van der Waals surface area (Å²) in [6, 6.07) is 6.26. The lowest BCUT2D eigenvalue weighted by molar-refractivity contribution is -0.128. The van der Waals surface area contributed by atoms with Crippen LogP contribution in [0.4, 0.5) is 0 Å². The van der Waals surface area contributed by atoms with Gasteiger partial charge in [-0.05, 0) is 50.6 Å². The van der Waals surface area contributed by atoms with Gasteiger partial charge in [-0.15, -0.1) is 11.3 Å². The number of hydrogen-bond acceptors (Lipinski definition) is 4. The number of aromatic nitrogens is 2. The number of rotatable bonds is 5. The van der Waals surface area contributed by atoms with Gasteiger partial charge in [0.15, 0.2) is 0 Å². The van der Waals surface area contributed by atoms with Crippen molar-refractivity contribution < 1.29 is 4.79 Å². The van der Waals surface area contributed by atoms with Crippen LogP contribution in [0.2, 0.25) is 0 Å². The fraction of sp³-hybridized carbons (Fsp3) is 0.412. The second kappa shape index (κ2) is 7.10. The Morgan fingerprint density at radius 3 is 3.09 bits per heavy atom. The van der Waals surface area contributed by atoms with Crippen LogP contribution in [-0.4, -0.2) is 52.7 Å². The Labute approximate surface area is 140 Å². The van der Waals surface area contributed by atoms with Crippen molar-refractivity contribution in [2.45, 2.75) is 19.0 Å². The smallest absolute Gasteiger partial charge is 0.247 e. The Kier molecular flexibility index (Phi) is 4.93. The van der Waals surface area contributed by atoms with E-state index in [2.05, 4.69) is 28.8 Å². The van der Waals surface area contributed by atoms with Gasteiger partial charge >= 0.3 is 0 Å². The first-order valence-corrected chi connectivity index (χ1v) is 8.69. The van der Waals surface area contributed by atoms with E-state index in [1.807, 2.05) is 40.8 Å². The van der Waals surface area contributed by atoms with Gasteiger partial charge in [-0.25, -0.2) is 0 Å². The molecule has 0 fully saturated rings. The maximum atomic E-state index is 12.5. The van der Waals surface area contributed by atoms with Crippen molar-refractivity contribution in [3.05, 3.63) is 46.4 Å². The van der Waals surface area contributed by atoms with Gasteiger partial charge in [0, 0.05) is 23.7 Å². The SMILES string of the molecule is CN(C)CC[C@H]1CN(C(=O)/C=C/c2cccs2)Cc2ccnn21. The van der Waals surface area contributed by atoms with E-state index in [1.165, 1.54) is 0 Å². The van der Waals surface area contributed by atoms with Crippen LogP contribution in [0.5, 0.6) is 0 Å². The summed E-state index contributed by atoms with van der Waals surface area (Å²) in [5.74, 6) is 0.0701. The van der Waals surface area contributed by atoms with Crippen LogP contribution in [0.3, 0.4) is 0 Å². The summed E-state index contributed by atoms with van der Waals surface area (Å²) >= 11 is 1.64. The molecular weight excluding hydrogens is 308 g/mol. The van der Waals surface area contributed by atoms with Crippen LogP contribution in [0, 0.1) is 0 Å². The molecule has 0 bridgehead atoms. The van der Waals surface area contributed by atoms with E-state index in [9.17, 15) is 4.79 Å². The minimum atomic E-state index is 0.0701. The molecular formula is C17H22N4OS. The highest BCUT2D eigenvalue weighted by atomic mass is 32.1. The Morgan fingerprint density at radius 1 is 1.48 bits per heavy atom. The Hall–Kier alpha value is -1.92. The van der Waals surface area contributed by atoms with E-state index in [0.717, 1.165) is 30.1 Å². The van der Waals surface area contributed by atoms with Crippen molar-refractivity contribution in [1.29, 1.82) is 0 Å². The van der Waals surface area contributed by atoms with Crippen LogP contribution >= 0.6 is 11.3 Å². The molecule has 3 rings (SSSR count). The average molecular weight is 330 g/mol. The maximum absolute atomic E-state index is 12.5. The molecule has 0 spiro atoms. The summed E-state index contributed by atoms with van der Waals surface area (Å²) in [5.41, 5.74) is 1.11. The largest absolute Gasteiger partial charge is 0.331 e. The zero-order valence-electron chi connectivity index (χ0n) is 13.6. The van der Waals surface area contributed by atoms with E-state index in [0.29, 0.717) is 6.54 Å². The molecule has 3 heterocycles. The average Bonchev–Trinajstić information content (AvgIpc) is 3.20. The predicted molar refractivity (Wildman–Crippen MR) is 93.2 cm³/mol. The van der Waals surface area contributed by atoms with Crippen LogP contribution in [0.15, 0.2) is 35.9 Å². The molecule has 0 radical (unpaired) electrons. The lowest BCUT2D eigenvalue weighted by Gasteiger charge is -2.34. The van der Waals surface area contributed by atoms with Gasteiger partial charge in [-0.1, -0.05) is 6.07 Å². The normalized spacial score (nSPS) is 17.9. The second-order valence-corrected chi connectivity index (χ2v) is 7.06. The fourth-order valence-electron chi connectivity index (χ4n) is 2.82. The van der Waals surface area contributed by atoms with Crippen molar-refractivity contribution in [2.75, 3.05) is 27.2 Å². The van der Waals surface area contributed by atoms with E-state index >= 15 is 0 Å². The number of carbonyl (C=O) groups is 1. The number of thiophene rings is 1. The highest BCUT2D eigenvalue weighted by Crippen LogP contribution is 2.23. The molecule has 23 heavy (non-hydrogen) atoms. The first-order valence-electron chi connectivity index (χ1n) is 7.81. The minimum absolute atomic E-state index is 0.0701. The highest BCUT2D eigenvalue weighted by Gasteiger charge is 2.27. The van der Waals surface area contributed by atoms with Crippen molar-refractivity contribution in [1.82, 2.24) is 19.6 Å². The summed E-state index contributed by atoms with van der Waals surface area (Å²) in [6.07, 6.45) is 6.39. The molecule has 0 aromatic carbocycles. The second-order valence-electron chi connectivity index (χ2n) is 6.08. The third-order valence-corrected chi connectivity index (χ3v) is 4.87. The standard InChI is InChI=1S/C17H22N4OS/c1-19(2)10-8-15-13-20(12-14-7-9-18-21(14)15)17(22)6-5-16-4-3-11-23-16/h3-7,9,11,15H,8,10,12-13H2,1-2H3/b6-5+/t15-/m0/s1. The van der Waals surface area contributed by atoms with Crippen LogP contribution in [0.25, 0.3) is 6.08 Å². The zero-order valence-corrected chi connectivity index (χ0v) is 14.4. The first kappa shape index (κ1) is 16.0. The molecule has 2 aromatic heterocycles. The summed E-state index contributed by atoms with van der Waals surface area (Å²) in [7, 11) is 4.14. The van der Waals surface area contributed by atoms with Crippen LogP contribution in [0.1, 0.15) is 23.0 Å². The topological polar surface area (TPSA) is 41.4 Å². The molecule has 1 atom stereocenters. The molecule has 1 amide bonds. The molecule has 2 aromatic rings. The third kappa shape index (κ3) is 3.89. The molecule has 1 aliphatic rings. The van der Waals surface area contributed by atoms with Crippen molar-refractivity contribution >= 4 is 23.3 Å². The van der Waals surface area contributed by atoms with Gasteiger partial charge in [-0.2, -0.15) is 5.10 Å². The van der Waals surface area contributed by atoms with Gasteiger partial charge in [0.25, 0.3) is 0 Å². The zero-order chi connectivity index (χ0) is 16.2.